The number of ether oxygens (including phenoxy) is 2. The standard InChI is InChI=1S/C16H26O2/c1-2-16(8-17-9-16)10-18-14-6-5-13-11-3-4-12(7-11)15(13)14/h11-15H,2-10H2,1H3. The predicted octanol–water partition coefficient (Wildman–Crippen LogP) is 3.25. The van der Waals surface area contributed by atoms with Crippen LogP contribution in [0, 0.1) is 29.1 Å². The van der Waals surface area contributed by atoms with Crippen molar-refractivity contribution in [2.24, 2.45) is 29.1 Å². The topological polar surface area (TPSA) is 18.5 Å². The fourth-order valence-electron chi connectivity index (χ4n) is 5.27. The van der Waals surface area contributed by atoms with Gasteiger partial charge in [-0.2, -0.15) is 0 Å². The Kier molecular flexibility index (Phi) is 2.74. The van der Waals surface area contributed by atoms with Gasteiger partial charge in [-0.1, -0.05) is 6.92 Å². The van der Waals surface area contributed by atoms with Gasteiger partial charge in [0.25, 0.3) is 0 Å². The Morgan fingerprint density at radius 1 is 1.11 bits per heavy atom. The van der Waals surface area contributed by atoms with Crippen molar-refractivity contribution in [1.29, 1.82) is 0 Å². The molecule has 0 spiro atoms. The number of hydrogen-bond acceptors (Lipinski definition) is 2. The van der Waals surface area contributed by atoms with Gasteiger partial charge in [-0.3, -0.25) is 0 Å². The first-order chi connectivity index (χ1) is 8.81. The van der Waals surface area contributed by atoms with Crippen molar-refractivity contribution in [3.8, 4) is 0 Å². The Hall–Kier alpha value is -0.0800. The largest absolute Gasteiger partial charge is 0.380 e. The summed E-state index contributed by atoms with van der Waals surface area (Å²) in [6.07, 6.45) is 9.12. The first-order valence-corrected chi connectivity index (χ1v) is 8.01. The second kappa shape index (κ2) is 4.21. The highest BCUT2D eigenvalue weighted by Gasteiger charge is 2.54. The molecule has 4 aliphatic rings. The third-order valence-electron chi connectivity index (χ3n) is 6.54. The molecule has 1 saturated heterocycles. The zero-order chi connectivity index (χ0) is 12.2. The zero-order valence-corrected chi connectivity index (χ0v) is 11.6. The van der Waals surface area contributed by atoms with Gasteiger partial charge < -0.3 is 9.47 Å². The van der Waals surface area contributed by atoms with E-state index in [2.05, 4.69) is 6.92 Å². The molecule has 0 radical (unpaired) electrons. The smallest absolute Gasteiger partial charge is 0.0609 e. The van der Waals surface area contributed by atoms with E-state index in [9.17, 15) is 0 Å². The summed E-state index contributed by atoms with van der Waals surface area (Å²) >= 11 is 0. The molecule has 4 fully saturated rings. The lowest BCUT2D eigenvalue weighted by molar-refractivity contribution is -0.165. The van der Waals surface area contributed by atoms with Gasteiger partial charge in [0, 0.05) is 5.41 Å². The van der Waals surface area contributed by atoms with E-state index in [1.807, 2.05) is 0 Å². The van der Waals surface area contributed by atoms with Crippen molar-refractivity contribution in [3.05, 3.63) is 0 Å². The van der Waals surface area contributed by atoms with E-state index in [-0.39, 0.29) is 0 Å². The van der Waals surface area contributed by atoms with Gasteiger partial charge in [-0.15, -0.1) is 0 Å². The lowest BCUT2D eigenvalue weighted by Crippen LogP contribution is -2.47. The average Bonchev–Trinajstić information content (AvgIpc) is 3.00. The zero-order valence-electron chi connectivity index (χ0n) is 11.6. The van der Waals surface area contributed by atoms with Crippen molar-refractivity contribution < 1.29 is 9.47 Å². The molecule has 3 saturated carbocycles. The van der Waals surface area contributed by atoms with Crippen LogP contribution in [0.1, 0.15) is 45.4 Å². The third-order valence-corrected chi connectivity index (χ3v) is 6.54. The van der Waals surface area contributed by atoms with Gasteiger partial charge >= 0.3 is 0 Å². The van der Waals surface area contributed by atoms with E-state index in [0.29, 0.717) is 11.5 Å². The van der Waals surface area contributed by atoms with Crippen LogP contribution in [0.15, 0.2) is 0 Å². The first-order valence-electron chi connectivity index (χ1n) is 8.01. The van der Waals surface area contributed by atoms with Gasteiger partial charge in [0.15, 0.2) is 0 Å². The van der Waals surface area contributed by atoms with Crippen LogP contribution in [-0.4, -0.2) is 25.9 Å². The van der Waals surface area contributed by atoms with Crippen molar-refractivity contribution >= 4 is 0 Å². The van der Waals surface area contributed by atoms with Crippen LogP contribution >= 0.6 is 0 Å². The Morgan fingerprint density at radius 2 is 1.94 bits per heavy atom. The number of rotatable bonds is 4. The fraction of sp³-hybridized carbons (Fsp3) is 1.00. The van der Waals surface area contributed by atoms with Crippen molar-refractivity contribution in [2.45, 2.75) is 51.6 Å². The maximum absolute atomic E-state index is 6.39. The highest BCUT2D eigenvalue weighted by atomic mass is 16.5. The second-order valence-electron chi connectivity index (χ2n) is 7.35. The van der Waals surface area contributed by atoms with E-state index in [1.165, 1.54) is 38.5 Å². The molecule has 0 aromatic heterocycles. The van der Waals surface area contributed by atoms with Crippen LogP contribution < -0.4 is 0 Å². The molecule has 4 rings (SSSR count). The molecule has 2 bridgehead atoms. The van der Waals surface area contributed by atoms with E-state index >= 15 is 0 Å². The third kappa shape index (κ3) is 1.61. The van der Waals surface area contributed by atoms with Crippen molar-refractivity contribution in [1.82, 2.24) is 0 Å². The second-order valence-corrected chi connectivity index (χ2v) is 7.35. The maximum atomic E-state index is 6.39. The van der Waals surface area contributed by atoms with Crippen LogP contribution in [0.2, 0.25) is 0 Å². The van der Waals surface area contributed by atoms with Crippen LogP contribution in [0.4, 0.5) is 0 Å². The summed E-state index contributed by atoms with van der Waals surface area (Å²) in [5, 5.41) is 0. The maximum Gasteiger partial charge on any atom is 0.0609 e. The summed E-state index contributed by atoms with van der Waals surface area (Å²) in [5.41, 5.74) is 0.371. The minimum atomic E-state index is 0.371. The molecule has 5 unspecified atom stereocenters. The summed E-state index contributed by atoms with van der Waals surface area (Å²) in [6.45, 7) is 5.09. The molecule has 2 heteroatoms. The van der Waals surface area contributed by atoms with Gasteiger partial charge in [-0.05, 0) is 62.2 Å². The molecule has 1 aliphatic heterocycles. The molecule has 0 amide bonds. The normalized spacial score (nSPS) is 48.2. The van der Waals surface area contributed by atoms with Crippen LogP contribution in [0.3, 0.4) is 0 Å². The summed E-state index contributed by atoms with van der Waals surface area (Å²) in [6, 6.07) is 0. The molecule has 102 valence electrons. The highest BCUT2D eigenvalue weighted by molar-refractivity contribution is 5.03. The monoisotopic (exact) mass is 250 g/mol. The quantitative estimate of drug-likeness (QED) is 0.762. The molecule has 1 heterocycles. The van der Waals surface area contributed by atoms with Gasteiger partial charge in [0.2, 0.25) is 0 Å². The Bertz CT molecular complexity index is 318. The Balaban J connectivity index is 1.38. The molecule has 0 aromatic rings. The molecule has 0 N–H and O–H groups in total. The van der Waals surface area contributed by atoms with E-state index in [1.54, 1.807) is 0 Å². The lowest BCUT2D eigenvalue weighted by Gasteiger charge is -2.42. The minimum absolute atomic E-state index is 0.371. The molecule has 3 aliphatic carbocycles. The first kappa shape index (κ1) is 11.7. The SMILES string of the molecule is CCC1(COC2CCC3C4CCC(C4)C23)COC1. The van der Waals surface area contributed by atoms with Gasteiger partial charge in [-0.25, -0.2) is 0 Å². The number of fused-ring (bicyclic) bond motifs is 5. The molecular weight excluding hydrogens is 224 g/mol. The fourth-order valence-corrected chi connectivity index (χ4v) is 5.27. The van der Waals surface area contributed by atoms with E-state index in [4.69, 9.17) is 9.47 Å². The summed E-state index contributed by atoms with van der Waals surface area (Å²) in [5.74, 6) is 4.05. The van der Waals surface area contributed by atoms with Crippen LogP contribution in [0.25, 0.3) is 0 Å². The minimum Gasteiger partial charge on any atom is -0.380 e. The molecular formula is C16H26O2. The van der Waals surface area contributed by atoms with Crippen molar-refractivity contribution in [2.75, 3.05) is 19.8 Å². The van der Waals surface area contributed by atoms with E-state index in [0.717, 1.165) is 43.5 Å². The summed E-state index contributed by atoms with van der Waals surface area (Å²) in [4.78, 5) is 0. The average molecular weight is 250 g/mol. The van der Waals surface area contributed by atoms with Crippen LogP contribution in [0.5, 0.6) is 0 Å². The molecule has 2 nitrogen and oxygen atoms in total. The van der Waals surface area contributed by atoms with Gasteiger partial charge in [0.05, 0.1) is 25.9 Å². The summed E-state index contributed by atoms with van der Waals surface area (Å²) < 4.78 is 11.8. The lowest BCUT2D eigenvalue weighted by atomic mass is 9.80. The van der Waals surface area contributed by atoms with Crippen molar-refractivity contribution in [3.63, 3.8) is 0 Å². The molecule has 0 aromatic carbocycles. The van der Waals surface area contributed by atoms with Gasteiger partial charge in [0.1, 0.15) is 0 Å². The highest BCUT2D eigenvalue weighted by Crippen LogP contribution is 2.59. The van der Waals surface area contributed by atoms with E-state index < -0.39 is 0 Å². The Morgan fingerprint density at radius 3 is 2.67 bits per heavy atom. The molecule has 5 atom stereocenters. The predicted molar refractivity (Wildman–Crippen MR) is 70.3 cm³/mol. The summed E-state index contributed by atoms with van der Waals surface area (Å²) in [7, 11) is 0. The number of hydrogen-bond donors (Lipinski definition) is 0. The van der Waals surface area contributed by atoms with Crippen LogP contribution in [-0.2, 0) is 9.47 Å². The Labute approximate surface area is 110 Å². The molecule has 18 heavy (non-hydrogen) atoms.